The minimum Gasteiger partial charge on any atom is -0.493 e. The van der Waals surface area contributed by atoms with Gasteiger partial charge in [0.2, 0.25) is 0 Å². The highest BCUT2D eigenvalue weighted by Crippen LogP contribution is 2.27. The van der Waals surface area contributed by atoms with Gasteiger partial charge in [-0.1, -0.05) is 30.3 Å². The average Bonchev–Trinajstić information content (AvgIpc) is 3.47. The number of rotatable bonds is 7. The number of amides is 1. The van der Waals surface area contributed by atoms with Crippen LogP contribution in [-0.2, 0) is 17.9 Å². The number of halogens is 1. The lowest BCUT2D eigenvalue weighted by Gasteiger charge is -2.17. The number of likely N-dealkylation sites (tertiary alicyclic amines) is 1. The van der Waals surface area contributed by atoms with Crippen LogP contribution in [0.2, 0.25) is 0 Å². The number of hydrogen-bond donors (Lipinski definition) is 1. The average molecular weight is 460 g/mol. The van der Waals surface area contributed by atoms with E-state index in [1.807, 2.05) is 60.8 Å². The zero-order valence-electron chi connectivity index (χ0n) is 17.1. The third-order valence-corrected chi connectivity index (χ3v) is 6.16. The first-order valence-electron chi connectivity index (χ1n) is 10.0. The molecule has 0 unspecified atom stereocenters. The van der Waals surface area contributed by atoms with Crippen LogP contribution in [0.1, 0.15) is 16.9 Å². The smallest absolute Gasteiger partial charge is 0.410 e. The van der Waals surface area contributed by atoms with Crippen LogP contribution < -0.4 is 10.5 Å². The van der Waals surface area contributed by atoms with Crippen LogP contribution in [0.3, 0.4) is 0 Å². The maximum absolute atomic E-state index is 12.3. The maximum Gasteiger partial charge on any atom is 0.410 e. The van der Waals surface area contributed by atoms with Gasteiger partial charge in [0.05, 0.1) is 6.61 Å². The predicted molar refractivity (Wildman–Crippen MR) is 124 cm³/mol. The first-order valence-corrected chi connectivity index (χ1v) is 10.9. The Hall–Kier alpha value is -2.61. The van der Waals surface area contributed by atoms with Gasteiger partial charge in [-0.3, -0.25) is 0 Å². The maximum atomic E-state index is 12.3. The number of nitrogens with zero attached hydrogens (tertiary/aromatic N) is 2. The normalized spacial score (nSPS) is 15.4. The summed E-state index contributed by atoms with van der Waals surface area (Å²) in [5.41, 5.74) is 7.70. The molecule has 6 nitrogen and oxygen atoms in total. The Bertz CT molecular complexity index is 966. The quantitative estimate of drug-likeness (QED) is 0.552. The van der Waals surface area contributed by atoms with E-state index in [1.165, 1.54) is 0 Å². The van der Waals surface area contributed by atoms with Crippen molar-refractivity contribution in [1.82, 2.24) is 9.88 Å². The van der Waals surface area contributed by atoms with Crippen LogP contribution in [-0.4, -0.2) is 35.7 Å². The highest BCUT2D eigenvalue weighted by Gasteiger charge is 2.27. The first-order chi connectivity index (χ1) is 14.7. The molecule has 0 bridgehead atoms. The Kier molecular flexibility index (Phi) is 8.28. The molecule has 1 aromatic heterocycles. The minimum atomic E-state index is -0.258. The zero-order chi connectivity index (χ0) is 20.8. The number of hydrogen-bond acceptors (Lipinski definition) is 6. The zero-order valence-corrected chi connectivity index (χ0v) is 18.7. The molecule has 0 aliphatic carbocycles. The van der Waals surface area contributed by atoms with E-state index in [-0.39, 0.29) is 18.5 Å². The largest absolute Gasteiger partial charge is 0.493 e. The van der Waals surface area contributed by atoms with E-state index >= 15 is 0 Å². The lowest BCUT2D eigenvalue weighted by atomic mass is 10.1. The van der Waals surface area contributed by atoms with E-state index in [2.05, 4.69) is 4.98 Å². The van der Waals surface area contributed by atoms with Crippen molar-refractivity contribution in [3.63, 3.8) is 0 Å². The third-order valence-electron chi connectivity index (χ3n) is 5.09. The summed E-state index contributed by atoms with van der Waals surface area (Å²) in [6.45, 7) is 2.75. The van der Waals surface area contributed by atoms with Crippen LogP contribution in [0.15, 0.2) is 60.8 Å². The van der Waals surface area contributed by atoms with Crippen LogP contribution >= 0.6 is 23.7 Å². The molecule has 3 aromatic rings. The number of aromatic nitrogens is 1. The molecular formula is C23H26ClN3O3S. The highest BCUT2D eigenvalue weighted by molar-refractivity contribution is 7.15. The van der Waals surface area contributed by atoms with Crippen molar-refractivity contribution in [2.45, 2.75) is 19.6 Å². The number of nitrogens with two attached hydrogens (primary N) is 1. The van der Waals surface area contributed by atoms with E-state index in [0.29, 0.717) is 38.8 Å². The Balaban J connectivity index is 0.00000272. The molecule has 1 fully saturated rings. The fourth-order valence-electron chi connectivity index (χ4n) is 3.39. The molecule has 2 heterocycles. The molecule has 1 saturated heterocycles. The van der Waals surface area contributed by atoms with Gasteiger partial charge in [-0.15, -0.1) is 23.7 Å². The summed E-state index contributed by atoms with van der Waals surface area (Å²) >= 11 is 1.60. The van der Waals surface area contributed by atoms with Gasteiger partial charge in [0, 0.05) is 42.2 Å². The second-order valence-corrected chi connectivity index (χ2v) is 8.43. The van der Waals surface area contributed by atoms with Crippen LogP contribution in [0.4, 0.5) is 4.79 Å². The van der Waals surface area contributed by atoms with Crippen LogP contribution in [0.25, 0.3) is 10.6 Å². The van der Waals surface area contributed by atoms with E-state index in [9.17, 15) is 4.79 Å². The first kappa shape index (κ1) is 23.1. The van der Waals surface area contributed by atoms with Gasteiger partial charge in [-0.2, -0.15) is 0 Å². The van der Waals surface area contributed by atoms with Gasteiger partial charge >= 0.3 is 6.09 Å². The summed E-state index contributed by atoms with van der Waals surface area (Å²) < 4.78 is 11.4. The molecule has 1 atom stereocenters. The van der Waals surface area contributed by atoms with Crippen molar-refractivity contribution in [2.75, 3.05) is 19.7 Å². The van der Waals surface area contributed by atoms with E-state index < -0.39 is 0 Å². The molecule has 2 aromatic carbocycles. The molecular weight excluding hydrogens is 434 g/mol. The summed E-state index contributed by atoms with van der Waals surface area (Å²) in [7, 11) is 0. The minimum absolute atomic E-state index is 0. The second-order valence-electron chi connectivity index (χ2n) is 7.31. The molecule has 0 radical (unpaired) electrons. The number of ether oxygens (including phenoxy) is 2. The van der Waals surface area contributed by atoms with E-state index in [4.69, 9.17) is 15.2 Å². The standard InChI is InChI=1S/C23H25N3O3S.ClH/c24-12-21-13-25-22(30-21)19-6-8-20(9-7-19)28-16-18-10-11-26(14-18)23(27)29-15-17-4-2-1-3-5-17;/h1-9,13,18H,10-12,14-16,24H2;1H/t18-;/m1./s1. The van der Waals surface area contributed by atoms with Crippen molar-refractivity contribution in [3.05, 3.63) is 71.2 Å². The van der Waals surface area contributed by atoms with Gasteiger partial charge in [0.15, 0.2) is 0 Å². The Labute approximate surface area is 192 Å². The second kappa shape index (κ2) is 11.1. The van der Waals surface area contributed by atoms with Crippen molar-refractivity contribution >= 4 is 29.8 Å². The van der Waals surface area contributed by atoms with Crippen molar-refractivity contribution in [3.8, 4) is 16.3 Å². The van der Waals surface area contributed by atoms with Gasteiger partial charge in [0.1, 0.15) is 17.4 Å². The van der Waals surface area contributed by atoms with Crippen molar-refractivity contribution in [2.24, 2.45) is 11.7 Å². The lowest BCUT2D eigenvalue weighted by molar-refractivity contribution is 0.102. The van der Waals surface area contributed by atoms with Crippen molar-refractivity contribution < 1.29 is 14.3 Å². The molecule has 1 aliphatic heterocycles. The van der Waals surface area contributed by atoms with E-state index in [1.54, 1.807) is 16.2 Å². The third kappa shape index (κ3) is 6.19. The summed E-state index contributed by atoms with van der Waals surface area (Å²) in [6.07, 6.45) is 2.48. The molecule has 4 rings (SSSR count). The Morgan fingerprint density at radius 2 is 1.94 bits per heavy atom. The van der Waals surface area contributed by atoms with Gasteiger partial charge in [-0.05, 0) is 36.2 Å². The number of thiazole rings is 1. The van der Waals surface area contributed by atoms with Crippen LogP contribution in [0, 0.1) is 5.92 Å². The van der Waals surface area contributed by atoms with Gasteiger partial charge in [0.25, 0.3) is 0 Å². The fraction of sp³-hybridized carbons (Fsp3) is 0.304. The molecule has 164 valence electrons. The summed E-state index contributed by atoms with van der Waals surface area (Å²) in [5.74, 6) is 1.12. The predicted octanol–water partition coefficient (Wildman–Crippen LogP) is 4.73. The van der Waals surface area contributed by atoms with Crippen LogP contribution in [0.5, 0.6) is 5.75 Å². The SMILES string of the molecule is Cl.NCc1cnc(-c2ccc(OC[C@@H]3CCN(C(=O)OCc4ccccc4)C3)cc2)s1. The fourth-order valence-corrected chi connectivity index (χ4v) is 4.18. The Morgan fingerprint density at radius 3 is 2.65 bits per heavy atom. The number of carbonyl (C=O) groups is 1. The monoisotopic (exact) mass is 459 g/mol. The Morgan fingerprint density at radius 1 is 1.16 bits per heavy atom. The van der Waals surface area contributed by atoms with Gasteiger partial charge in [-0.25, -0.2) is 9.78 Å². The molecule has 1 amide bonds. The van der Waals surface area contributed by atoms with Gasteiger partial charge < -0.3 is 20.1 Å². The summed E-state index contributed by atoms with van der Waals surface area (Å²) in [5, 5.41) is 0.961. The summed E-state index contributed by atoms with van der Waals surface area (Å²) in [6, 6.07) is 17.7. The highest BCUT2D eigenvalue weighted by atomic mass is 35.5. The molecule has 2 N–H and O–H groups in total. The van der Waals surface area contributed by atoms with E-state index in [0.717, 1.165) is 33.2 Å². The molecule has 31 heavy (non-hydrogen) atoms. The summed E-state index contributed by atoms with van der Waals surface area (Å²) in [4.78, 5) is 19.5. The number of benzene rings is 2. The molecule has 0 spiro atoms. The topological polar surface area (TPSA) is 77.7 Å². The number of carbonyl (C=O) groups excluding carboxylic acids is 1. The molecule has 1 aliphatic rings. The molecule has 8 heteroatoms. The van der Waals surface area contributed by atoms with Crippen molar-refractivity contribution in [1.29, 1.82) is 0 Å². The lowest BCUT2D eigenvalue weighted by Crippen LogP contribution is -2.30. The molecule has 0 saturated carbocycles.